The summed E-state index contributed by atoms with van der Waals surface area (Å²) >= 11 is 5.99. The maximum atomic E-state index is 12.3. The van der Waals surface area contributed by atoms with E-state index in [0.29, 0.717) is 16.4 Å². The van der Waals surface area contributed by atoms with Crippen LogP contribution in [-0.4, -0.2) is 51.8 Å². The van der Waals surface area contributed by atoms with Crippen LogP contribution in [0.4, 0.5) is 8.78 Å². The van der Waals surface area contributed by atoms with Crippen LogP contribution in [-0.2, 0) is 11.8 Å². The molecule has 0 aliphatic heterocycles. The van der Waals surface area contributed by atoms with Crippen molar-refractivity contribution in [1.82, 2.24) is 14.7 Å². The Hall–Kier alpha value is -1.47. The molecule has 1 aromatic rings. The van der Waals surface area contributed by atoms with Crippen molar-refractivity contribution in [3.8, 4) is 0 Å². The first kappa shape index (κ1) is 16.6. The summed E-state index contributed by atoms with van der Waals surface area (Å²) in [4.78, 5) is 12.7. The van der Waals surface area contributed by atoms with Crippen molar-refractivity contribution < 1.29 is 18.7 Å². The molecule has 0 aliphatic carbocycles. The Morgan fingerprint density at radius 2 is 2.25 bits per heavy atom. The molecule has 0 aliphatic rings. The van der Waals surface area contributed by atoms with Crippen LogP contribution >= 0.6 is 11.6 Å². The number of hydrogen-bond donors (Lipinski definition) is 1. The van der Waals surface area contributed by atoms with Crippen molar-refractivity contribution in [2.24, 2.45) is 7.05 Å². The quantitative estimate of drug-likeness (QED) is 0.810. The van der Waals surface area contributed by atoms with Crippen LogP contribution in [0, 0.1) is 6.92 Å². The average molecular weight is 308 g/mol. The largest absolute Gasteiger partial charge is 0.395 e. The number of alkyl halides is 2. The van der Waals surface area contributed by atoms with Gasteiger partial charge in [0.1, 0.15) is 5.15 Å². The third kappa shape index (κ3) is 4.28. The van der Waals surface area contributed by atoms with Gasteiger partial charge in [0.2, 0.25) is 5.91 Å². The summed E-state index contributed by atoms with van der Waals surface area (Å²) in [5.74, 6) is -0.612. The number of aryl methyl sites for hydroxylation is 2. The monoisotopic (exact) mass is 307 g/mol. The lowest BCUT2D eigenvalue weighted by atomic mass is 10.2. The molecular weight excluding hydrogens is 292 g/mol. The van der Waals surface area contributed by atoms with E-state index in [1.54, 1.807) is 14.0 Å². The molecule has 0 radical (unpaired) electrons. The predicted molar refractivity (Wildman–Crippen MR) is 71.7 cm³/mol. The van der Waals surface area contributed by atoms with Gasteiger partial charge in [-0.05, 0) is 13.0 Å². The standard InChI is InChI=1S/C12H16ClF2N3O2/c1-8-9(12(13)17(2)16-8)3-4-11(20)18(5-6-19)7-10(14)15/h3-4,10,19H,5-7H2,1-2H3/b4-3+. The Kier molecular flexibility index (Phi) is 6.09. The highest BCUT2D eigenvalue weighted by molar-refractivity contribution is 6.31. The van der Waals surface area contributed by atoms with E-state index in [1.165, 1.54) is 10.8 Å². The summed E-state index contributed by atoms with van der Waals surface area (Å²) in [5, 5.41) is 13.2. The Morgan fingerprint density at radius 1 is 1.60 bits per heavy atom. The van der Waals surface area contributed by atoms with E-state index < -0.39 is 18.9 Å². The second-order valence-corrected chi connectivity index (χ2v) is 4.50. The van der Waals surface area contributed by atoms with E-state index in [9.17, 15) is 13.6 Å². The predicted octanol–water partition coefficient (Wildman–Crippen LogP) is 1.48. The summed E-state index contributed by atoms with van der Waals surface area (Å²) in [6.07, 6.45) is -0.0702. The van der Waals surface area contributed by atoms with Gasteiger partial charge >= 0.3 is 0 Å². The Labute approximate surface area is 120 Å². The molecule has 1 aromatic heterocycles. The number of carbonyl (C=O) groups is 1. The van der Waals surface area contributed by atoms with E-state index >= 15 is 0 Å². The van der Waals surface area contributed by atoms with Crippen LogP contribution in [0.15, 0.2) is 6.08 Å². The van der Waals surface area contributed by atoms with Gasteiger partial charge < -0.3 is 10.0 Å². The summed E-state index contributed by atoms with van der Waals surface area (Å²) in [7, 11) is 1.66. The lowest BCUT2D eigenvalue weighted by Gasteiger charge is -2.19. The van der Waals surface area contributed by atoms with Crippen LogP contribution in [0.3, 0.4) is 0 Å². The minimum absolute atomic E-state index is 0.146. The summed E-state index contributed by atoms with van der Waals surface area (Å²) < 4.78 is 26.1. The third-order valence-electron chi connectivity index (χ3n) is 2.63. The van der Waals surface area contributed by atoms with Gasteiger partial charge in [-0.2, -0.15) is 5.10 Å². The van der Waals surface area contributed by atoms with E-state index in [-0.39, 0.29) is 13.2 Å². The average Bonchev–Trinajstić information content (AvgIpc) is 2.60. The molecule has 0 saturated carbocycles. The number of nitrogens with zero attached hydrogens (tertiary/aromatic N) is 3. The molecule has 0 unspecified atom stereocenters. The zero-order valence-electron chi connectivity index (χ0n) is 11.2. The first-order valence-corrected chi connectivity index (χ1v) is 6.29. The molecule has 0 atom stereocenters. The van der Waals surface area contributed by atoms with E-state index in [4.69, 9.17) is 16.7 Å². The molecular formula is C12H16ClF2N3O2. The maximum absolute atomic E-state index is 12.3. The number of aliphatic hydroxyl groups excluding tert-OH is 1. The molecule has 1 heterocycles. The summed E-state index contributed by atoms with van der Waals surface area (Å²) in [6.45, 7) is 0.483. The zero-order chi connectivity index (χ0) is 15.3. The minimum atomic E-state index is -2.65. The van der Waals surface area contributed by atoms with E-state index in [2.05, 4.69) is 5.10 Å². The van der Waals surface area contributed by atoms with Gasteiger partial charge in [0.25, 0.3) is 6.43 Å². The SMILES string of the molecule is Cc1nn(C)c(Cl)c1/C=C/C(=O)N(CCO)CC(F)F. The van der Waals surface area contributed by atoms with Crippen molar-refractivity contribution in [2.75, 3.05) is 19.7 Å². The fourth-order valence-corrected chi connectivity index (χ4v) is 1.91. The lowest BCUT2D eigenvalue weighted by Crippen LogP contribution is -2.36. The fraction of sp³-hybridized carbons (Fsp3) is 0.500. The van der Waals surface area contributed by atoms with Crippen molar-refractivity contribution in [3.05, 3.63) is 22.5 Å². The molecule has 1 amide bonds. The number of halogens is 3. The molecule has 0 saturated heterocycles. The summed E-state index contributed by atoms with van der Waals surface area (Å²) in [5.41, 5.74) is 1.19. The normalized spacial score (nSPS) is 11.6. The Morgan fingerprint density at radius 3 is 2.70 bits per heavy atom. The molecule has 1 N–H and O–H groups in total. The summed E-state index contributed by atoms with van der Waals surface area (Å²) in [6, 6.07) is 0. The zero-order valence-corrected chi connectivity index (χ0v) is 11.9. The molecule has 20 heavy (non-hydrogen) atoms. The van der Waals surface area contributed by atoms with E-state index in [0.717, 1.165) is 11.0 Å². The van der Waals surface area contributed by atoms with Gasteiger partial charge in [-0.1, -0.05) is 11.6 Å². The minimum Gasteiger partial charge on any atom is -0.395 e. The fourth-order valence-electron chi connectivity index (χ4n) is 1.67. The van der Waals surface area contributed by atoms with Crippen LogP contribution in [0.5, 0.6) is 0 Å². The number of aliphatic hydroxyl groups is 1. The molecule has 0 spiro atoms. The maximum Gasteiger partial charge on any atom is 0.255 e. The van der Waals surface area contributed by atoms with Gasteiger partial charge in [-0.15, -0.1) is 0 Å². The number of carbonyl (C=O) groups excluding carboxylic acids is 1. The van der Waals surface area contributed by atoms with Crippen LogP contribution in [0.2, 0.25) is 5.15 Å². The third-order valence-corrected chi connectivity index (χ3v) is 3.08. The number of aromatic nitrogens is 2. The van der Waals surface area contributed by atoms with Gasteiger partial charge in [0.05, 0.1) is 18.8 Å². The highest BCUT2D eigenvalue weighted by Gasteiger charge is 2.16. The molecule has 0 fully saturated rings. The topological polar surface area (TPSA) is 58.4 Å². The molecule has 1 rings (SSSR count). The van der Waals surface area contributed by atoms with Gasteiger partial charge in [-0.3, -0.25) is 9.48 Å². The van der Waals surface area contributed by atoms with Crippen molar-refractivity contribution >= 4 is 23.6 Å². The first-order valence-electron chi connectivity index (χ1n) is 5.92. The molecule has 0 bridgehead atoms. The van der Waals surface area contributed by atoms with Crippen molar-refractivity contribution in [1.29, 1.82) is 0 Å². The smallest absolute Gasteiger partial charge is 0.255 e. The number of amides is 1. The highest BCUT2D eigenvalue weighted by atomic mass is 35.5. The van der Waals surface area contributed by atoms with Crippen LogP contribution in [0.1, 0.15) is 11.3 Å². The second-order valence-electron chi connectivity index (χ2n) is 4.15. The lowest BCUT2D eigenvalue weighted by molar-refractivity contribution is -0.128. The number of rotatable bonds is 6. The number of hydrogen-bond acceptors (Lipinski definition) is 3. The molecule has 5 nitrogen and oxygen atoms in total. The first-order chi connectivity index (χ1) is 9.36. The van der Waals surface area contributed by atoms with Crippen LogP contribution < -0.4 is 0 Å². The second kappa shape index (κ2) is 7.35. The molecule has 112 valence electrons. The van der Waals surface area contributed by atoms with E-state index in [1.807, 2.05) is 0 Å². The van der Waals surface area contributed by atoms with Gasteiger partial charge in [0.15, 0.2) is 0 Å². The molecule has 8 heteroatoms. The Balaban J connectivity index is 2.83. The van der Waals surface area contributed by atoms with Crippen molar-refractivity contribution in [2.45, 2.75) is 13.3 Å². The Bertz CT molecular complexity index is 503. The van der Waals surface area contributed by atoms with Crippen molar-refractivity contribution in [3.63, 3.8) is 0 Å². The van der Waals surface area contributed by atoms with Crippen LogP contribution in [0.25, 0.3) is 6.08 Å². The molecule has 0 aromatic carbocycles. The van der Waals surface area contributed by atoms with Gasteiger partial charge in [0, 0.05) is 25.2 Å². The van der Waals surface area contributed by atoms with Gasteiger partial charge in [-0.25, -0.2) is 8.78 Å². The highest BCUT2D eigenvalue weighted by Crippen LogP contribution is 2.20.